The number of ether oxygens (including phenoxy) is 2. The number of likely N-dealkylation sites (tertiary alicyclic amines) is 1. The second kappa shape index (κ2) is 5.64. The highest BCUT2D eigenvalue weighted by molar-refractivity contribution is 5.68. The summed E-state index contributed by atoms with van der Waals surface area (Å²) in [4.78, 5) is 17.2. The van der Waals surface area contributed by atoms with E-state index in [1.54, 1.807) is 4.90 Å². The Hall–Kier alpha value is -1.85. The Morgan fingerprint density at radius 1 is 1.45 bits per heavy atom. The van der Waals surface area contributed by atoms with Gasteiger partial charge in [-0.1, -0.05) is 0 Å². The summed E-state index contributed by atoms with van der Waals surface area (Å²) in [5.41, 5.74) is -0.511. The average molecular weight is 282 g/mol. The van der Waals surface area contributed by atoms with Gasteiger partial charge in [-0.05, 0) is 20.8 Å². The van der Waals surface area contributed by atoms with E-state index in [9.17, 15) is 9.18 Å². The highest BCUT2D eigenvalue weighted by Crippen LogP contribution is 2.20. The molecule has 2 heterocycles. The summed E-state index contributed by atoms with van der Waals surface area (Å²) in [5, 5.41) is 0. The second-order valence-corrected chi connectivity index (χ2v) is 5.79. The number of amides is 1. The van der Waals surface area contributed by atoms with Crippen LogP contribution in [0.15, 0.2) is 18.5 Å². The molecular formula is C14H19FN2O3. The maximum atomic E-state index is 13.0. The predicted octanol–water partition coefficient (Wildman–Crippen LogP) is 2.61. The maximum Gasteiger partial charge on any atom is 0.410 e. The number of carbonyl (C=O) groups excluding carboxylic acids is 1. The summed E-state index contributed by atoms with van der Waals surface area (Å²) in [6, 6.07) is 1.28. The molecule has 6 heteroatoms. The quantitative estimate of drug-likeness (QED) is 0.836. The minimum absolute atomic E-state index is 0.161. The number of carbonyl (C=O) groups is 1. The molecule has 1 unspecified atom stereocenters. The zero-order valence-electron chi connectivity index (χ0n) is 11.9. The molecule has 1 aromatic rings. The van der Waals surface area contributed by atoms with Crippen LogP contribution in [0.4, 0.5) is 9.18 Å². The Bertz CT molecular complexity index is 488. The molecule has 1 saturated heterocycles. The van der Waals surface area contributed by atoms with Crippen LogP contribution >= 0.6 is 0 Å². The van der Waals surface area contributed by atoms with Crippen LogP contribution in [0.5, 0.6) is 5.75 Å². The van der Waals surface area contributed by atoms with Crippen molar-refractivity contribution in [1.29, 1.82) is 0 Å². The summed E-state index contributed by atoms with van der Waals surface area (Å²) < 4.78 is 23.9. The first-order chi connectivity index (χ1) is 9.33. The smallest absolute Gasteiger partial charge is 0.410 e. The molecule has 1 atom stereocenters. The molecule has 0 N–H and O–H groups in total. The van der Waals surface area contributed by atoms with Crippen LogP contribution in [0.3, 0.4) is 0 Å². The van der Waals surface area contributed by atoms with E-state index in [1.807, 2.05) is 20.8 Å². The Labute approximate surface area is 117 Å². The number of rotatable bonds is 2. The van der Waals surface area contributed by atoms with Crippen molar-refractivity contribution in [2.75, 3.05) is 13.1 Å². The van der Waals surface area contributed by atoms with Crippen LogP contribution in [0, 0.1) is 5.82 Å². The topological polar surface area (TPSA) is 51.7 Å². The molecule has 1 aliphatic heterocycles. The average Bonchev–Trinajstić information content (AvgIpc) is 2.75. The van der Waals surface area contributed by atoms with Crippen LogP contribution in [0.25, 0.3) is 0 Å². The van der Waals surface area contributed by atoms with E-state index in [1.165, 1.54) is 12.3 Å². The Morgan fingerprint density at radius 3 is 2.85 bits per heavy atom. The van der Waals surface area contributed by atoms with Gasteiger partial charge < -0.3 is 14.4 Å². The third kappa shape index (κ3) is 4.08. The molecule has 0 bridgehead atoms. The van der Waals surface area contributed by atoms with Crippen LogP contribution in [0.2, 0.25) is 0 Å². The fourth-order valence-electron chi connectivity index (χ4n) is 1.97. The standard InChI is InChI=1S/C14H19FN2O3/c1-14(2,3)20-13(18)17-5-4-11(9-17)19-12-6-10(15)7-16-8-12/h6-8,11H,4-5,9H2,1-3H3. The number of hydrogen-bond acceptors (Lipinski definition) is 4. The monoisotopic (exact) mass is 282 g/mol. The van der Waals surface area contributed by atoms with Crippen molar-refractivity contribution in [2.24, 2.45) is 0 Å². The molecule has 1 fully saturated rings. The fourth-order valence-corrected chi connectivity index (χ4v) is 1.97. The molecule has 0 aromatic carbocycles. The van der Waals surface area contributed by atoms with Crippen molar-refractivity contribution in [3.05, 3.63) is 24.3 Å². The summed E-state index contributed by atoms with van der Waals surface area (Å²) in [5.74, 6) is -0.0643. The summed E-state index contributed by atoms with van der Waals surface area (Å²) in [7, 11) is 0. The van der Waals surface area contributed by atoms with Crippen molar-refractivity contribution >= 4 is 6.09 Å². The van der Waals surface area contributed by atoms with Crippen molar-refractivity contribution in [1.82, 2.24) is 9.88 Å². The first-order valence-electron chi connectivity index (χ1n) is 6.58. The van der Waals surface area contributed by atoms with Crippen LogP contribution in [-0.2, 0) is 4.74 Å². The number of pyridine rings is 1. The lowest BCUT2D eigenvalue weighted by Gasteiger charge is -2.24. The van der Waals surface area contributed by atoms with Gasteiger partial charge in [-0.25, -0.2) is 9.18 Å². The molecule has 1 aromatic heterocycles. The lowest BCUT2D eigenvalue weighted by atomic mass is 10.2. The van der Waals surface area contributed by atoms with Crippen molar-refractivity contribution < 1.29 is 18.7 Å². The molecule has 5 nitrogen and oxygen atoms in total. The number of hydrogen-bond donors (Lipinski definition) is 0. The number of aromatic nitrogens is 1. The van der Waals surface area contributed by atoms with E-state index in [4.69, 9.17) is 9.47 Å². The van der Waals surface area contributed by atoms with Gasteiger partial charge in [-0.15, -0.1) is 0 Å². The van der Waals surface area contributed by atoms with E-state index in [0.717, 1.165) is 6.20 Å². The van der Waals surface area contributed by atoms with E-state index in [-0.39, 0.29) is 12.2 Å². The van der Waals surface area contributed by atoms with E-state index < -0.39 is 11.4 Å². The maximum absolute atomic E-state index is 13.0. The molecule has 1 amide bonds. The number of nitrogens with zero attached hydrogens (tertiary/aromatic N) is 2. The first-order valence-corrected chi connectivity index (χ1v) is 6.58. The van der Waals surface area contributed by atoms with Gasteiger partial charge in [0.2, 0.25) is 0 Å². The van der Waals surface area contributed by atoms with E-state index in [2.05, 4.69) is 4.98 Å². The SMILES string of the molecule is CC(C)(C)OC(=O)N1CCC(Oc2cncc(F)c2)C1. The minimum Gasteiger partial charge on any atom is -0.487 e. The summed E-state index contributed by atoms with van der Waals surface area (Å²) in [6.07, 6.45) is 2.76. The molecule has 2 rings (SSSR count). The lowest BCUT2D eigenvalue weighted by Crippen LogP contribution is -2.36. The van der Waals surface area contributed by atoms with Gasteiger partial charge in [0, 0.05) is 19.0 Å². The summed E-state index contributed by atoms with van der Waals surface area (Å²) in [6.45, 7) is 6.49. The highest BCUT2D eigenvalue weighted by atomic mass is 19.1. The number of halogens is 1. The highest BCUT2D eigenvalue weighted by Gasteiger charge is 2.30. The van der Waals surface area contributed by atoms with Gasteiger partial charge >= 0.3 is 6.09 Å². The van der Waals surface area contributed by atoms with Gasteiger partial charge in [0.1, 0.15) is 23.3 Å². The van der Waals surface area contributed by atoms with Gasteiger partial charge in [-0.3, -0.25) is 4.98 Å². The van der Waals surface area contributed by atoms with Gasteiger partial charge in [0.15, 0.2) is 0 Å². The van der Waals surface area contributed by atoms with Crippen molar-refractivity contribution in [3.63, 3.8) is 0 Å². The third-order valence-electron chi connectivity index (χ3n) is 2.78. The van der Waals surface area contributed by atoms with Gasteiger partial charge in [0.05, 0.1) is 18.9 Å². The van der Waals surface area contributed by atoms with Crippen LogP contribution in [0.1, 0.15) is 27.2 Å². The molecule has 20 heavy (non-hydrogen) atoms. The fraction of sp³-hybridized carbons (Fsp3) is 0.571. The lowest BCUT2D eigenvalue weighted by molar-refractivity contribution is 0.0275. The van der Waals surface area contributed by atoms with Crippen LogP contribution < -0.4 is 4.74 Å². The molecule has 110 valence electrons. The Balaban J connectivity index is 1.88. The van der Waals surface area contributed by atoms with Gasteiger partial charge in [0.25, 0.3) is 0 Å². The predicted molar refractivity (Wildman–Crippen MR) is 71.0 cm³/mol. The van der Waals surface area contributed by atoms with Crippen molar-refractivity contribution in [2.45, 2.75) is 38.9 Å². The normalized spacial score (nSPS) is 19.0. The second-order valence-electron chi connectivity index (χ2n) is 5.79. The molecular weight excluding hydrogens is 263 g/mol. The zero-order chi connectivity index (χ0) is 14.8. The van der Waals surface area contributed by atoms with E-state index in [0.29, 0.717) is 25.3 Å². The Kier molecular flexibility index (Phi) is 4.11. The Morgan fingerprint density at radius 2 is 2.20 bits per heavy atom. The largest absolute Gasteiger partial charge is 0.487 e. The zero-order valence-corrected chi connectivity index (χ0v) is 11.9. The molecule has 1 aliphatic rings. The molecule has 0 radical (unpaired) electrons. The van der Waals surface area contributed by atoms with Crippen molar-refractivity contribution in [3.8, 4) is 5.75 Å². The third-order valence-corrected chi connectivity index (χ3v) is 2.78. The summed E-state index contributed by atoms with van der Waals surface area (Å²) >= 11 is 0. The first kappa shape index (κ1) is 14.6. The minimum atomic E-state index is -0.511. The van der Waals surface area contributed by atoms with Crippen LogP contribution in [-0.4, -0.2) is 40.8 Å². The molecule has 0 aliphatic carbocycles. The molecule has 0 saturated carbocycles. The van der Waals surface area contributed by atoms with Gasteiger partial charge in [-0.2, -0.15) is 0 Å². The van der Waals surface area contributed by atoms with E-state index >= 15 is 0 Å². The molecule has 0 spiro atoms.